The molecule has 0 amide bonds. The monoisotopic (exact) mass is 316 g/mol. The number of hydrogen-bond acceptors (Lipinski definition) is 5. The van der Waals surface area contributed by atoms with Crippen LogP contribution in [-0.2, 0) is 19.1 Å². The Morgan fingerprint density at radius 3 is 2.81 bits per heavy atom. The molecule has 0 fully saturated rings. The summed E-state index contributed by atoms with van der Waals surface area (Å²) in [7, 11) is 0. The van der Waals surface area contributed by atoms with Crippen molar-refractivity contribution in [1.29, 1.82) is 0 Å². The number of alkyl halides is 3. The first-order valence-electron chi connectivity index (χ1n) is 6.21. The van der Waals surface area contributed by atoms with Crippen LogP contribution in [0, 0.1) is 6.92 Å². The van der Waals surface area contributed by atoms with Crippen molar-refractivity contribution in [2.45, 2.75) is 26.1 Å². The van der Waals surface area contributed by atoms with Gasteiger partial charge in [0.25, 0.3) is 5.56 Å². The molecular weight excluding hydrogens is 305 g/mol. The first-order valence-corrected chi connectivity index (χ1v) is 7.09. The second kappa shape index (κ2) is 4.83. The fourth-order valence-electron chi connectivity index (χ4n) is 2.25. The van der Waals surface area contributed by atoms with Crippen LogP contribution in [0.5, 0.6) is 0 Å². The van der Waals surface area contributed by atoms with E-state index in [1.54, 1.807) is 11.8 Å². The van der Waals surface area contributed by atoms with Gasteiger partial charge >= 0.3 is 6.18 Å². The molecule has 0 aromatic carbocycles. The van der Waals surface area contributed by atoms with Crippen LogP contribution in [0.15, 0.2) is 10.2 Å². The van der Waals surface area contributed by atoms with E-state index in [2.05, 4.69) is 15.0 Å². The first-order chi connectivity index (χ1) is 9.84. The molecule has 21 heavy (non-hydrogen) atoms. The van der Waals surface area contributed by atoms with Crippen LogP contribution < -0.4 is 10.5 Å². The van der Waals surface area contributed by atoms with E-state index >= 15 is 0 Å². The standard InChI is InChI=1S/C12H11F3N4OS/c1-6-16-8-2-3-19(4-7(8)10(20)17-6)11-18-9(5-21-11)12(13,14)15/h5H,2-4H2,1H3,(H,16,17,20). The topological polar surface area (TPSA) is 61.9 Å². The largest absolute Gasteiger partial charge is 0.434 e. The Labute approximate surface area is 121 Å². The Morgan fingerprint density at radius 1 is 1.38 bits per heavy atom. The molecule has 5 nitrogen and oxygen atoms in total. The van der Waals surface area contributed by atoms with Gasteiger partial charge in [-0.2, -0.15) is 13.2 Å². The Kier molecular flexibility index (Phi) is 3.23. The lowest BCUT2D eigenvalue weighted by molar-refractivity contribution is -0.140. The maximum Gasteiger partial charge on any atom is 0.434 e. The summed E-state index contributed by atoms with van der Waals surface area (Å²) >= 11 is 0.929. The number of rotatable bonds is 1. The zero-order valence-corrected chi connectivity index (χ0v) is 11.8. The molecule has 0 radical (unpaired) electrons. The third kappa shape index (κ3) is 2.65. The number of hydrogen-bond donors (Lipinski definition) is 1. The molecule has 9 heteroatoms. The molecule has 0 atom stereocenters. The van der Waals surface area contributed by atoms with Crippen molar-refractivity contribution in [2.75, 3.05) is 11.4 Å². The minimum absolute atomic E-state index is 0.225. The fraction of sp³-hybridized carbons (Fsp3) is 0.417. The number of anilines is 1. The van der Waals surface area contributed by atoms with E-state index < -0.39 is 11.9 Å². The molecule has 3 heterocycles. The van der Waals surface area contributed by atoms with Gasteiger partial charge in [-0.1, -0.05) is 0 Å². The number of fused-ring (bicyclic) bond motifs is 1. The van der Waals surface area contributed by atoms with Gasteiger partial charge in [-0.15, -0.1) is 11.3 Å². The Morgan fingerprint density at radius 2 is 2.14 bits per heavy atom. The summed E-state index contributed by atoms with van der Waals surface area (Å²) in [6.45, 7) is 2.42. The molecule has 2 aromatic rings. The highest BCUT2D eigenvalue weighted by Gasteiger charge is 2.34. The number of nitrogens with one attached hydrogen (secondary N) is 1. The Hall–Kier alpha value is -1.90. The van der Waals surface area contributed by atoms with Gasteiger partial charge in [0, 0.05) is 18.3 Å². The maximum absolute atomic E-state index is 12.6. The molecule has 0 saturated heterocycles. The summed E-state index contributed by atoms with van der Waals surface area (Å²) < 4.78 is 37.7. The van der Waals surface area contributed by atoms with Gasteiger partial charge in [0.2, 0.25) is 0 Å². The third-order valence-corrected chi connectivity index (χ3v) is 4.14. The first kappa shape index (κ1) is 14.1. The van der Waals surface area contributed by atoms with Gasteiger partial charge in [0.1, 0.15) is 5.82 Å². The van der Waals surface area contributed by atoms with Gasteiger partial charge in [-0.05, 0) is 6.92 Å². The molecule has 0 bridgehead atoms. The van der Waals surface area contributed by atoms with E-state index in [9.17, 15) is 18.0 Å². The number of nitrogens with zero attached hydrogens (tertiary/aromatic N) is 3. The van der Waals surface area contributed by atoms with Crippen LogP contribution in [0.1, 0.15) is 22.8 Å². The predicted molar refractivity (Wildman–Crippen MR) is 71.5 cm³/mol. The molecular formula is C12H11F3N4OS. The van der Waals surface area contributed by atoms with Crippen molar-refractivity contribution < 1.29 is 13.2 Å². The van der Waals surface area contributed by atoms with Crippen molar-refractivity contribution in [3.05, 3.63) is 38.5 Å². The van der Waals surface area contributed by atoms with Crippen molar-refractivity contribution >= 4 is 16.5 Å². The minimum atomic E-state index is -4.45. The molecule has 3 rings (SSSR count). The zero-order chi connectivity index (χ0) is 15.2. The van der Waals surface area contributed by atoms with E-state index in [1.807, 2.05) is 0 Å². The van der Waals surface area contributed by atoms with Crippen molar-refractivity contribution in [2.24, 2.45) is 0 Å². The normalized spacial score (nSPS) is 15.1. The molecule has 1 aliphatic heterocycles. The van der Waals surface area contributed by atoms with E-state index in [1.165, 1.54) is 0 Å². The van der Waals surface area contributed by atoms with Crippen molar-refractivity contribution in [3.63, 3.8) is 0 Å². The second-order valence-electron chi connectivity index (χ2n) is 4.76. The fourth-order valence-corrected chi connectivity index (χ4v) is 3.11. The van der Waals surface area contributed by atoms with Crippen molar-refractivity contribution in [1.82, 2.24) is 15.0 Å². The molecule has 1 N–H and O–H groups in total. The lowest BCUT2D eigenvalue weighted by atomic mass is 10.1. The van der Waals surface area contributed by atoms with Gasteiger partial charge in [-0.25, -0.2) is 9.97 Å². The molecule has 0 spiro atoms. The molecule has 0 aliphatic carbocycles. The molecule has 1 aliphatic rings. The quantitative estimate of drug-likeness (QED) is 0.875. The highest BCUT2D eigenvalue weighted by molar-refractivity contribution is 7.13. The Bertz CT molecular complexity index is 737. The van der Waals surface area contributed by atoms with Gasteiger partial charge < -0.3 is 9.88 Å². The minimum Gasteiger partial charge on any atom is -0.343 e. The molecule has 0 unspecified atom stereocenters. The van der Waals surface area contributed by atoms with Crippen LogP contribution in [0.25, 0.3) is 0 Å². The highest BCUT2D eigenvalue weighted by Crippen LogP contribution is 2.34. The SMILES string of the molecule is Cc1nc2c(c(=O)[nH]1)CN(c1nc(C(F)(F)F)cs1)CC2. The van der Waals surface area contributed by atoms with Crippen LogP contribution in [0.3, 0.4) is 0 Å². The summed E-state index contributed by atoms with van der Waals surface area (Å²) in [5, 5.41) is 1.26. The smallest absolute Gasteiger partial charge is 0.343 e. The summed E-state index contributed by atoms with van der Waals surface area (Å²) in [4.78, 5) is 24.1. The van der Waals surface area contributed by atoms with Gasteiger partial charge in [0.05, 0.1) is 17.8 Å². The Balaban J connectivity index is 1.90. The average molecular weight is 316 g/mol. The lowest BCUT2D eigenvalue weighted by Crippen LogP contribution is -2.36. The maximum atomic E-state index is 12.6. The predicted octanol–water partition coefficient (Wildman–Crippen LogP) is 2.12. The number of aromatic amines is 1. The second-order valence-corrected chi connectivity index (χ2v) is 5.60. The van der Waals surface area contributed by atoms with Crippen LogP contribution in [0.2, 0.25) is 0 Å². The van der Waals surface area contributed by atoms with Crippen LogP contribution >= 0.6 is 11.3 Å². The van der Waals surface area contributed by atoms with Gasteiger partial charge in [-0.3, -0.25) is 4.79 Å². The van der Waals surface area contributed by atoms with Crippen LogP contribution in [-0.4, -0.2) is 21.5 Å². The summed E-state index contributed by atoms with van der Waals surface area (Å²) in [5.41, 5.74) is 0.0646. The third-order valence-electron chi connectivity index (χ3n) is 3.24. The lowest BCUT2D eigenvalue weighted by Gasteiger charge is -2.27. The van der Waals surface area contributed by atoms with Crippen molar-refractivity contribution in [3.8, 4) is 0 Å². The number of aromatic nitrogens is 3. The van der Waals surface area contributed by atoms with Gasteiger partial charge in [0.15, 0.2) is 10.8 Å². The molecule has 112 valence electrons. The van der Waals surface area contributed by atoms with E-state index in [4.69, 9.17) is 0 Å². The summed E-state index contributed by atoms with van der Waals surface area (Å²) in [6.07, 6.45) is -3.93. The zero-order valence-electron chi connectivity index (χ0n) is 11.0. The number of aryl methyl sites for hydroxylation is 1. The molecule has 0 saturated carbocycles. The number of thiazole rings is 1. The highest BCUT2D eigenvalue weighted by atomic mass is 32.1. The number of halogens is 3. The average Bonchev–Trinajstić information content (AvgIpc) is 2.87. The number of H-pyrrole nitrogens is 1. The van der Waals surface area contributed by atoms with E-state index in [0.29, 0.717) is 30.0 Å². The molecule has 2 aromatic heterocycles. The van der Waals surface area contributed by atoms with Crippen LogP contribution in [0.4, 0.5) is 18.3 Å². The summed E-state index contributed by atoms with van der Waals surface area (Å²) in [6, 6.07) is 0. The van der Waals surface area contributed by atoms with E-state index in [-0.39, 0.29) is 17.2 Å². The van der Waals surface area contributed by atoms with E-state index in [0.717, 1.165) is 16.7 Å². The summed E-state index contributed by atoms with van der Waals surface area (Å²) in [5.74, 6) is 0.542.